The van der Waals surface area contributed by atoms with Crippen LogP contribution in [0.1, 0.15) is 20.8 Å². The molecule has 66 valence electrons. The minimum atomic E-state index is -0.0133. The lowest BCUT2D eigenvalue weighted by atomic mass is 10.4. The van der Waals surface area contributed by atoms with E-state index >= 15 is 0 Å². The van der Waals surface area contributed by atoms with Crippen LogP contribution >= 0.6 is 0 Å². The van der Waals surface area contributed by atoms with E-state index < -0.39 is 0 Å². The van der Waals surface area contributed by atoms with Gasteiger partial charge in [0, 0.05) is 12.6 Å². The Bertz CT molecular complexity index is 208. The summed E-state index contributed by atoms with van der Waals surface area (Å²) in [5.74, 6) is 2.18. The monoisotopic (exact) mass is 165 g/mol. The van der Waals surface area contributed by atoms with E-state index in [0.717, 1.165) is 5.70 Å². The average Bonchev–Trinajstić information content (AvgIpc) is 2.04. The van der Waals surface area contributed by atoms with Gasteiger partial charge in [0.1, 0.15) is 0 Å². The molecule has 2 heteroatoms. The van der Waals surface area contributed by atoms with Crippen molar-refractivity contribution < 1.29 is 4.79 Å². The van der Waals surface area contributed by atoms with Gasteiger partial charge in [0.25, 0.3) is 0 Å². The highest BCUT2D eigenvalue weighted by Gasteiger charge is 1.87. The van der Waals surface area contributed by atoms with Gasteiger partial charge in [-0.15, -0.1) is 6.42 Å². The Labute approximate surface area is 74.4 Å². The molecule has 12 heavy (non-hydrogen) atoms. The number of terminal acetylenes is 1. The van der Waals surface area contributed by atoms with Crippen molar-refractivity contribution >= 4 is 5.91 Å². The second-order valence-electron chi connectivity index (χ2n) is 2.02. The molecule has 0 bridgehead atoms. The van der Waals surface area contributed by atoms with Gasteiger partial charge in [-0.1, -0.05) is 18.6 Å². The van der Waals surface area contributed by atoms with Gasteiger partial charge in [-0.2, -0.15) is 0 Å². The van der Waals surface area contributed by atoms with Gasteiger partial charge in [0.2, 0.25) is 5.91 Å². The summed E-state index contributed by atoms with van der Waals surface area (Å²) in [6.07, 6.45) is 7.91. The van der Waals surface area contributed by atoms with E-state index in [2.05, 4.69) is 24.2 Å². The maximum Gasteiger partial charge on any atom is 0.220 e. The highest BCUT2D eigenvalue weighted by molar-refractivity contribution is 5.74. The molecule has 0 rings (SSSR count). The van der Waals surface area contributed by atoms with Gasteiger partial charge in [-0.25, -0.2) is 0 Å². The first-order valence-electron chi connectivity index (χ1n) is 3.56. The molecule has 0 unspecified atom stereocenters. The number of rotatable bonds is 1. The van der Waals surface area contributed by atoms with Crippen molar-refractivity contribution in [3.05, 3.63) is 24.4 Å². The molecule has 0 atom stereocenters. The van der Waals surface area contributed by atoms with Crippen LogP contribution in [-0.2, 0) is 4.79 Å². The van der Waals surface area contributed by atoms with Crippen LogP contribution in [-0.4, -0.2) is 5.91 Å². The molecule has 0 fully saturated rings. The standard InChI is InChI=1S/C6H11NO.C4H4/c1-4-5(2)7-6(3)8;1-3-4-2/h4H,1-3H3,(H,7,8);1,4H,2H2/b5-4+;. The van der Waals surface area contributed by atoms with E-state index in [0.29, 0.717) is 0 Å². The Hall–Kier alpha value is -1.49. The molecule has 0 aromatic heterocycles. The van der Waals surface area contributed by atoms with E-state index in [9.17, 15) is 4.79 Å². The lowest BCUT2D eigenvalue weighted by Gasteiger charge is -1.96. The van der Waals surface area contributed by atoms with Crippen LogP contribution in [0.15, 0.2) is 24.4 Å². The number of hydrogen-bond acceptors (Lipinski definition) is 1. The predicted octanol–water partition coefficient (Wildman–Crippen LogP) is 1.85. The highest BCUT2D eigenvalue weighted by atomic mass is 16.1. The Morgan fingerprint density at radius 2 is 2.00 bits per heavy atom. The molecule has 0 aliphatic rings. The Morgan fingerprint density at radius 3 is 2.08 bits per heavy atom. The Balaban J connectivity index is 0. The number of allylic oxidation sites excluding steroid dienone is 3. The van der Waals surface area contributed by atoms with Gasteiger partial charge in [-0.3, -0.25) is 4.79 Å². The van der Waals surface area contributed by atoms with Crippen LogP contribution in [0.5, 0.6) is 0 Å². The molecule has 0 saturated carbocycles. The third-order valence-corrected chi connectivity index (χ3v) is 0.924. The quantitative estimate of drug-likeness (QED) is 0.590. The number of amides is 1. The number of carbonyl (C=O) groups excluding carboxylic acids is 1. The summed E-state index contributed by atoms with van der Waals surface area (Å²) in [4.78, 5) is 10.3. The molecule has 0 heterocycles. The van der Waals surface area contributed by atoms with Gasteiger partial charge in [-0.05, 0) is 19.9 Å². The van der Waals surface area contributed by atoms with Crippen molar-refractivity contribution in [3.63, 3.8) is 0 Å². The molecule has 0 saturated heterocycles. The van der Waals surface area contributed by atoms with Gasteiger partial charge in [0.15, 0.2) is 0 Å². The van der Waals surface area contributed by atoms with Crippen molar-refractivity contribution in [2.24, 2.45) is 0 Å². The fraction of sp³-hybridized carbons (Fsp3) is 0.300. The zero-order chi connectivity index (χ0) is 9.98. The van der Waals surface area contributed by atoms with Gasteiger partial charge in [0.05, 0.1) is 0 Å². The summed E-state index contributed by atoms with van der Waals surface area (Å²) in [5, 5.41) is 2.61. The van der Waals surface area contributed by atoms with Crippen LogP contribution in [0.3, 0.4) is 0 Å². The lowest BCUT2D eigenvalue weighted by molar-refractivity contribution is -0.118. The number of carbonyl (C=O) groups is 1. The normalized spacial score (nSPS) is 8.67. The average molecular weight is 165 g/mol. The fourth-order valence-corrected chi connectivity index (χ4v) is 0.350. The largest absolute Gasteiger partial charge is 0.331 e. The summed E-state index contributed by atoms with van der Waals surface area (Å²) in [7, 11) is 0. The van der Waals surface area contributed by atoms with E-state index in [1.54, 1.807) is 0 Å². The van der Waals surface area contributed by atoms with E-state index in [1.807, 2.05) is 19.9 Å². The molecule has 0 spiro atoms. The van der Waals surface area contributed by atoms with Gasteiger partial charge < -0.3 is 5.32 Å². The first-order valence-corrected chi connectivity index (χ1v) is 3.56. The van der Waals surface area contributed by atoms with Crippen LogP contribution in [0.25, 0.3) is 0 Å². The zero-order valence-electron chi connectivity index (χ0n) is 7.85. The molecule has 0 aliphatic heterocycles. The first-order chi connectivity index (χ1) is 5.58. The van der Waals surface area contributed by atoms with Crippen LogP contribution < -0.4 is 5.32 Å². The number of nitrogens with one attached hydrogen (secondary N) is 1. The van der Waals surface area contributed by atoms with Crippen LogP contribution in [0.4, 0.5) is 0 Å². The zero-order valence-corrected chi connectivity index (χ0v) is 7.85. The summed E-state index contributed by atoms with van der Waals surface area (Å²) in [6.45, 7) is 8.46. The Morgan fingerprint density at radius 1 is 1.58 bits per heavy atom. The van der Waals surface area contributed by atoms with Crippen LogP contribution in [0, 0.1) is 12.3 Å². The minimum Gasteiger partial charge on any atom is -0.331 e. The van der Waals surface area contributed by atoms with E-state index in [1.165, 1.54) is 13.0 Å². The lowest BCUT2D eigenvalue weighted by Crippen LogP contribution is -2.16. The SMILES string of the molecule is C#CC=C.C/C=C(\C)NC(C)=O. The molecule has 0 aromatic carbocycles. The predicted molar refractivity (Wildman–Crippen MR) is 52.3 cm³/mol. The maximum atomic E-state index is 10.3. The van der Waals surface area contributed by atoms with Crippen molar-refractivity contribution in [2.45, 2.75) is 20.8 Å². The minimum absolute atomic E-state index is 0.0133. The smallest absolute Gasteiger partial charge is 0.220 e. The van der Waals surface area contributed by atoms with Crippen molar-refractivity contribution in [1.29, 1.82) is 0 Å². The van der Waals surface area contributed by atoms with E-state index in [-0.39, 0.29) is 5.91 Å². The molecule has 0 aromatic rings. The maximum absolute atomic E-state index is 10.3. The van der Waals surface area contributed by atoms with Gasteiger partial charge >= 0.3 is 0 Å². The molecule has 1 N–H and O–H groups in total. The molecule has 1 amide bonds. The van der Waals surface area contributed by atoms with Crippen molar-refractivity contribution in [1.82, 2.24) is 5.32 Å². The summed E-state index contributed by atoms with van der Waals surface area (Å²) >= 11 is 0. The second-order valence-corrected chi connectivity index (χ2v) is 2.02. The van der Waals surface area contributed by atoms with Crippen molar-refractivity contribution in [2.75, 3.05) is 0 Å². The summed E-state index contributed by atoms with van der Waals surface area (Å²) in [6, 6.07) is 0. The molecule has 0 radical (unpaired) electrons. The van der Waals surface area contributed by atoms with Crippen LogP contribution in [0.2, 0.25) is 0 Å². The third-order valence-electron chi connectivity index (χ3n) is 0.924. The topological polar surface area (TPSA) is 29.1 Å². The third kappa shape index (κ3) is 15.8. The summed E-state index contributed by atoms with van der Waals surface area (Å²) in [5.41, 5.74) is 0.900. The molecule has 0 aliphatic carbocycles. The first kappa shape index (κ1) is 13.1. The fourth-order valence-electron chi connectivity index (χ4n) is 0.350. The molecule has 2 nitrogen and oxygen atoms in total. The summed E-state index contributed by atoms with van der Waals surface area (Å²) < 4.78 is 0. The highest BCUT2D eigenvalue weighted by Crippen LogP contribution is 1.82. The number of hydrogen-bond donors (Lipinski definition) is 1. The van der Waals surface area contributed by atoms with E-state index in [4.69, 9.17) is 0 Å². The second kappa shape index (κ2) is 9.51. The molecular weight excluding hydrogens is 150 g/mol. The van der Waals surface area contributed by atoms with Crippen molar-refractivity contribution in [3.8, 4) is 12.3 Å². The molecular formula is C10H15NO. The Kier molecular flexibility index (Phi) is 10.4.